The van der Waals surface area contributed by atoms with Crippen LogP contribution in [0.2, 0.25) is 0 Å². The van der Waals surface area contributed by atoms with Gasteiger partial charge < -0.3 is 9.47 Å². The zero-order chi connectivity index (χ0) is 17.2. The van der Waals surface area contributed by atoms with Gasteiger partial charge >= 0.3 is 12.1 Å². The molecule has 0 atom stereocenters. The number of carbonyl (C=O) groups excluding carboxylic acids is 1. The lowest BCUT2D eigenvalue weighted by molar-refractivity contribution is -0.141. The van der Waals surface area contributed by atoms with Gasteiger partial charge in [0.2, 0.25) is 0 Å². The zero-order valence-electron chi connectivity index (χ0n) is 11.9. The Hall–Kier alpha value is -2.71. The van der Waals surface area contributed by atoms with E-state index in [9.17, 15) is 22.4 Å². The van der Waals surface area contributed by atoms with Gasteiger partial charge in [-0.25, -0.2) is 9.18 Å². The maximum Gasteiger partial charge on any atom is 0.435 e. The van der Waals surface area contributed by atoms with Gasteiger partial charge in [0.15, 0.2) is 5.69 Å². The fourth-order valence-corrected chi connectivity index (χ4v) is 1.64. The van der Waals surface area contributed by atoms with Crippen molar-refractivity contribution < 1.29 is 31.8 Å². The van der Waals surface area contributed by atoms with Crippen molar-refractivity contribution in [1.82, 2.24) is 10.2 Å². The number of halogens is 4. The van der Waals surface area contributed by atoms with Gasteiger partial charge in [-0.2, -0.15) is 13.2 Å². The first kappa shape index (κ1) is 16.7. The Morgan fingerprint density at radius 2 is 1.87 bits per heavy atom. The van der Waals surface area contributed by atoms with Crippen LogP contribution in [0.1, 0.15) is 21.6 Å². The van der Waals surface area contributed by atoms with Crippen molar-refractivity contribution in [3.8, 4) is 11.6 Å². The molecule has 0 saturated carbocycles. The van der Waals surface area contributed by atoms with E-state index in [1.165, 1.54) is 12.1 Å². The third kappa shape index (κ3) is 3.74. The van der Waals surface area contributed by atoms with E-state index >= 15 is 0 Å². The SMILES string of the molecule is COC(=O)c1cc(C(F)(F)F)nnc1Oc1cc(F)ccc1C. The largest absolute Gasteiger partial charge is 0.465 e. The molecule has 0 aliphatic heterocycles. The summed E-state index contributed by atoms with van der Waals surface area (Å²) in [7, 11) is 0.993. The molecule has 0 saturated heterocycles. The number of nitrogens with zero attached hydrogens (tertiary/aromatic N) is 2. The molecule has 0 aliphatic rings. The molecule has 0 N–H and O–H groups in total. The lowest BCUT2D eigenvalue weighted by Crippen LogP contribution is -2.14. The predicted molar refractivity (Wildman–Crippen MR) is 69.6 cm³/mol. The number of benzene rings is 1. The summed E-state index contributed by atoms with van der Waals surface area (Å²) >= 11 is 0. The third-order valence-electron chi connectivity index (χ3n) is 2.81. The van der Waals surface area contributed by atoms with Crippen LogP contribution in [0.25, 0.3) is 0 Å². The molecule has 0 unspecified atom stereocenters. The molecule has 2 aromatic rings. The number of esters is 1. The number of rotatable bonds is 3. The van der Waals surface area contributed by atoms with Crippen molar-refractivity contribution in [3.63, 3.8) is 0 Å². The number of carbonyl (C=O) groups is 1. The second-order valence-corrected chi connectivity index (χ2v) is 4.45. The predicted octanol–water partition coefficient (Wildman–Crippen LogP) is 3.52. The highest BCUT2D eigenvalue weighted by Crippen LogP contribution is 2.32. The highest BCUT2D eigenvalue weighted by atomic mass is 19.4. The van der Waals surface area contributed by atoms with Crippen molar-refractivity contribution >= 4 is 5.97 Å². The van der Waals surface area contributed by atoms with Crippen molar-refractivity contribution in [1.29, 1.82) is 0 Å². The van der Waals surface area contributed by atoms with Gasteiger partial charge in [0.1, 0.15) is 17.1 Å². The van der Waals surface area contributed by atoms with Crippen LogP contribution in [0.3, 0.4) is 0 Å². The van der Waals surface area contributed by atoms with E-state index in [-0.39, 0.29) is 5.75 Å². The van der Waals surface area contributed by atoms with Crippen LogP contribution in [0, 0.1) is 12.7 Å². The van der Waals surface area contributed by atoms with Crippen molar-refractivity contribution in [2.45, 2.75) is 13.1 Å². The van der Waals surface area contributed by atoms with E-state index in [0.717, 1.165) is 13.2 Å². The first-order valence-corrected chi connectivity index (χ1v) is 6.19. The van der Waals surface area contributed by atoms with Gasteiger partial charge in [0, 0.05) is 6.07 Å². The van der Waals surface area contributed by atoms with Crippen molar-refractivity contribution in [2.24, 2.45) is 0 Å². The Morgan fingerprint density at radius 1 is 1.17 bits per heavy atom. The summed E-state index contributed by atoms with van der Waals surface area (Å²) in [6, 6.07) is 4.06. The van der Waals surface area contributed by atoms with E-state index in [2.05, 4.69) is 14.9 Å². The molecule has 9 heteroatoms. The number of hydrogen-bond acceptors (Lipinski definition) is 5. The number of alkyl halides is 3. The smallest absolute Gasteiger partial charge is 0.435 e. The molecule has 0 spiro atoms. The second kappa shape index (κ2) is 6.19. The Balaban J connectivity index is 2.49. The maximum atomic E-state index is 13.2. The van der Waals surface area contributed by atoms with Gasteiger partial charge in [0.05, 0.1) is 7.11 Å². The van der Waals surface area contributed by atoms with E-state index < -0.39 is 35.1 Å². The van der Waals surface area contributed by atoms with Gasteiger partial charge in [0.25, 0.3) is 5.88 Å². The quantitative estimate of drug-likeness (QED) is 0.636. The number of aromatic nitrogens is 2. The monoisotopic (exact) mass is 330 g/mol. The number of hydrogen-bond donors (Lipinski definition) is 0. The number of ether oxygens (including phenoxy) is 2. The van der Waals surface area contributed by atoms with Crippen LogP contribution in [0.5, 0.6) is 11.6 Å². The Morgan fingerprint density at radius 3 is 2.48 bits per heavy atom. The Labute approximate surface area is 127 Å². The highest BCUT2D eigenvalue weighted by Gasteiger charge is 2.35. The summed E-state index contributed by atoms with van der Waals surface area (Å²) in [5, 5.41) is 6.24. The zero-order valence-corrected chi connectivity index (χ0v) is 11.9. The molecule has 5 nitrogen and oxygen atoms in total. The van der Waals surface area contributed by atoms with Gasteiger partial charge in [-0.15, -0.1) is 10.2 Å². The Kier molecular flexibility index (Phi) is 4.48. The molecule has 2 rings (SSSR count). The minimum atomic E-state index is -4.79. The fourth-order valence-electron chi connectivity index (χ4n) is 1.64. The van der Waals surface area contributed by atoms with E-state index in [1.807, 2.05) is 0 Å². The summed E-state index contributed by atoms with van der Waals surface area (Å²) in [6.07, 6.45) is -4.79. The second-order valence-electron chi connectivity index (χ2n) is 4.45. The average Bonchev–Trinajstić information content (AvgIpc) is 2.49. The maximum absolute atomic E-state index is 13.2. The molecule has 0 amide bonds. The van der Waals surface area contributed by atoms with Gasteiger partial charge in [-0.3, -0.25) is 0 Å². The molecule has 23 heavy (non-hydrogen) atoms. The molecule has 0 bridgehead atoms. The molecular formula is C14H10F4N2O3. The fraction of sp³-hybridized carbons (Fsp3) is 0.214. The van der Waals surface area contributed by atoms with Crippen LogP contribution in [0.4, 0.5) is 17.6 Å². The standard InChI is InChI=1S/C14H10F4N2O3/c1-7-3-4-8(15)5-10(7)23-12-9(13(21)22-2)6-11(19-20-12)14(16,17)18/h3-6H,1-2H3. The molecular weight excluding hydrogens is 320 g/mol. The van der Waals surface area contributed by atoms with Gasteiger partial charge in [-0.1, -0.05) is 6.07 Å². The van der Waals surface area contributed by atoms with Crippen molar-refractivity contribution in [3.05, 3.63) is 46.9 Å². The topological polar surface area (TPSA) is 61.3 Å². The van der Waals surface area contributed by atoms with Crippen LogP contribution in [-0.2, 0) is 10.9 Å². The Bertz CT molecular complexity index is 747. The molecule has 1 aromatic heterocycles. The summed E-state index contributed by atoms with van der Waals surface area (Å²) in [4.78, 5) is 11.6. The average molecular weight is 330 g/mol. The molecule has 122 valence electrons. The third-order valence-corrected chi connectivity index (χ3v) is 2.81. The minimum Gasteiger partial charge on any atom is -0.465 e. The van der Waals surface area contributed by atoms with E-state index in [0.29, 0.717) is 11.6 Å². The summed E-state index contributed by atoms with van der Waals surface area (Å²) in [5.41, 5.74) is -1.45. The van der Waals surface area contributed by atoms with Crippen LogP contribution in [0.15, 0.2) is 24.3 Å². The first-order valence-electron chi connectivity index (χ1n) is 6.19. The lowest BCUT2D eigenvalue weighted by atomic mass is 10.2. The van der Waals surface area contributed by atoms with Crippen LogP contribution < -0.4 is 4.74 Å². The number of methoxy groups -OCH3 is 1. The molecule has 1 heterocycles. The van der Waals surface area contributed by atoms with Gasteiger partial charge in [-0.05, 0) is 24.6 Å². The normalized spacial score (nSPS) is 11.2. The summed E-state index contributed by atoms with van der Waals surface area (Å²) < 4.78 is 60.9. The molecule has 1 aromatic carbocycles. The van der Waals surface area contributed by atoms with Crippen molar-refractivity contribution in [2.75, 3.05) is 7.11 Å². The van der Waals surface area contributed by atoms with E-state index in [1.54, 1.807) is 6.92 Å². The first-order chi connectivity index (χ1) is 10.7. The summed E-state index contributed by atoms with van der Waals surface area (Å²) in [6.45, 7) is 1.59. The molecule has 0 radical (unpaired) electrons. The van der Waals surface area contributed by atoms with E-state index in [4.69, 9.17) is 4.74 Å². The lowest BCUT2D eigenvalue weighted by Gasteiger charge is -2.12. The van der Waals surface area contributed by atoms with Crippen LogP contribution in [-0.4, -0.2) is 23.3 Å². The highest BCUT2D eigenvalue weighted by molar-refractivity contribution is 5.91. The molecule has 0 fully saturated rings. The minimum absolute atomic E-state index is 0.00999. The molecule has 0 aliphatic carbocycles. The summed E-state index contributed by atoms with van der Waals surface area (Å²) in [5.74, 6) is -2.23. The number of aryl methyl sites for hydroxylation is 1. The van der Waals surface area contributed by atoms with Crippen LogP contribution >= 0.6 is 0 Å².